The van der Waals surface area contributed by atoms with Crippen LogP contribution in [0.25, 0.3) is 0 Å². The Hall–Kier alpha value is -0.690. The number of ether oxygens (including phenoxy) is 3. The first-order valence-corrected chi connectivity index (χ1v) is 16.9. The molecular weight excluding hydrogens is 516 g/mol. The number of aliphatic hydroxyl groups excluding tert-OH is 2. The van der Waals surface area contributed by atoms with Crippen molar-refractivity contribution in [1.29, 1.82) is 0 Å². The van der Waals surface area contributed by atoms with E-state index in [2.05, 4.69) is 55.4 Å². The van der Waals surface area contributed by atoms with E-state index in [-0.39, 0.29) is 69.0 Å². The molecule has 7 aliphatic rings. The topological polar surface area (TPSA) is 88.5 Å². The molecule has 41 heavy (non-hydrogen) atoms. The number of carbonyl (C=O) groups is 1. The molecule has 2 saturated heterocycles. The maximum atomic E-state index is 12.7. The van der Waals surface area contributed by atoms with Crippen LogP contribution in [0.5, 0.6) is 0 Å². The number of aliphatic hydroxyl groups is 2. The minimum absolute atomic E-state index is 0.00549. The van der Waals surface area contributed by atoms with Gasteiger partial charge < -0.3 is 24.4 Å². The number of fused-ring (bicyclic) bond motifs is 3. The van der Waals surface area contributed by atoms with Crippen LogP contribution in [0.4, 0.5) is 0 Å². The van der Waals surface area contributed by atoms with Crippen molar-refractivity contribution in [2.75, 3.05) is 0 Å². The summed E-state index contributed by atoms with van der Waals surface area (Å²) < 4.78 is 18.2. The van der Waals surface area contributed by atoms with E-state index in [1.54, 1.807) is 0 Å². The average Bonchev–Trinajstić information content (AvgIpc) is 3.62. The number of hydrogen-bond acceptors (Lipinski definition) is 6. The maximum absolute atomic E-state index is 12.7. The Bertz CT molecular complexity index is 1100. The van der Waals surface area contributed by atoms with Crippen molar-refractivity contribution in [1.82, 2.24) is 0 Å². The highest BCUT2D eigenvalue weighted by Crippen LogP contribution is 2.91. The second kappa shape index (κ2) is 8.73. The lowest BCUT2D eigenvalue weighted by atomic mass is 9.37. The molecule has 2 N–H and O–H groups in total. The van der Waals surface area contributed by atoms with E-state index in [0.717, 1.165) is 38.5 Å². The smallest absolute Gasteiger partial charge is 0.306 e. The minimum Gasteiger partial charge on any atom is -0.462 e. The molecule has 0 aromatic heterocycles. The van der Waals surface area contributed by atoms with Crippen LogP contribution in [0.1, 0.15) is 120 Å². The van der Waals surface area contributed by atoms with Crippen molar-refractivity contribution in [3.05, 3.63) is 0 Å². The van der Waals surface area contributed by atoms with Gasteiger partial charge >= 0.3 is 5.97 Å². The van der Waals surface area contributed by atoms with Crippen LogP contribution in [-0.2, 0) is 19.0 Å². The maximum Gasteiger partial charge on any atom is 0.306 e. The third kappa shape index (κ3) is 3.66. The average molecular weight is 573 g/mol. The van der Waals surface area contributed by atoms with E-state index in [4.69, 9.17) is 14.2 Å². The molecule has 7 rings (SSSR count). The summed E-state index contributed by atoms with van der Waals surface area (Å²) in [7, 11) is 0. The lowest BCUT2D eigenvalue weighted by Crippen LogP contribution is -2.66. The minimum atomic E-state index is -0.700. The zero-order valence-electron chi connectivity index (χ0n) is 26.9. The molecule has 0 bridgehead atoms. The van der Waals surface area contributed by atoms with Crippen molar-refractivity contribution >= 4 is 5.97 Å². The predicted molar refractivity (Wildman–Crippen MR) is 156 cm³/mol. The molecule has 0 amide bonds. The lowest BCUT2D eigenvalue weighted by molar-refractivity contribution is -0.246. The van der Waals surface area contributed by atoms with Gasteiger partial charge in [-0.15, -0.1) is 0 Å². The molecule has 232 valence electrons. The van der Waals surface area contributed by atoms with E-state index < -0.39 is 6.29 Å². The van der Waals surface area contributed by atoms with Crippen molar-refractivity contribution in [2.45, 2.75) is 156 Å². The molecule has 0 unspecified atom stereocenters. The van der Waals surface area contributed by atoms with Crippen molar-refractivity contribution in [3.8, 4) is 0 Å². The second-order valence-corrected chi connectivity index (χ2v) is 17.8. The van der Waals surface area contributed by atoms with Gasteiger partial charge in [0.1, 0.15) is 12.2 Å². The number of epoxide rings is 1. The van der Waals surface area contributed by atoms with Gasteiger partial charge in [0.2, 0.25) is 0 Å². The Labute approximate surface area is 247 Å². The lowest BCUT2D eigenvalue weighted by Gasteiger charge is -2.68. The first kappa shape index (κ1) is 29.0. The standard InChI is InChI=1S/C35H56O6/c1-19(2)15-27(37)40-26-11-12-32(7)23-10-13-34-18-35(34,33(23,8)25(36)17-24(32)30(26,3)4)14-9-21(34)20-16-22(39-29(20)38)28-31(5,6)41-28/h19-26,28-29,36,38H,9-18H2,1-8H3/t20-,21-,22+,23+,24-,25+,26+,28-,29+,32+,33-,34+,35+/m0/s1. The molecule has 2 aliphatic heterocycles. The summed E-state index contributed by atoms with van der Waals surface area (Å²) >= 11 is 0. The summed E-state index contributed by atoms with van der Waals surface area (Å²) in [4.78, 5) is 12.7. The summed E-state index contributed by atoms with van der Waals surface area (Å²) in [5, 5.41) is 23.4. The van der Waals surface area contributed by atoms with Crippen molar-refractivity contribution < 1.29 is 29.2 Å². The molecule has 5 saturated carbocycles. The van der Waals surface area contributed by atoms with E-state index in [9.17, 15) is 15.0 Å². The Morgan fingerprint density at radius 3 is 2.32 bits per heavy atom. The highest BCUT2D eigenvalue weighted by atomic mass is 16.7. The number of rotatable bonds is 5. The zero-order chi connectivity index (χ0) is 29.5. The van der Waals surface area contributed by atoms with Gasteiger partial charge in [-0.2, -0.15) is 0 Å². The van der Waals surface area contributed by atoms with E-state index in [1.807, 2.05) is 0 Å². The fourth-order valence-electron chi connectivity index (χ4n) is 13.1. The summed E-state index contributed by atoms with van der Waals surface area (Å²) in [6, 6.07) is 0. The summed E-state index contributed by atoms with van der Waals surface area (Å²) in [5.74, 6) is 1.64. The van der Waals surface area contributed by atoms with E-state index in [1.165, 1.54) is 19.3 Å². The first-order valence-electron chi connectivity index (χ1n) is 16.9. The van der Waals surface area contributed by atoms with Gasteiger partial charge in [0.05, 0.1) is 17.8 Å². The highest BCUT2D eigenvalue weighted by Gasteiger charge is 2.86. The van der Waals surface area contributed by atoms with Gasteiger partial charge in [-0.05, 0) is 112 Å². The monoisotopic (exact) mass is 572 g/mol. The van der Waals surface area contributed by atoms with Crippen LogP contribution in [0, 0.1) is 56.7 Å². The molecule has 7 fully saturated rings. The molecule has 0 spiro atoms. The van der Waals surface area contributed by atoms with Crippen LogP contribution in [0.15, 0.2) is 0 Å². The summed E-state index contributed by atoms with van der Waals surface area (Å²) in [6.45, 7) is 17.9. The molecule has 0 aromatic carbocycles. The molecular formula is C35H56O6. The summed E-state index contributed by atoms with van der Waals surface area (Å²) in [5.41, 5.74) is 0.0861. The fraction of sp³-hybridized carbons (Fsp3) is 0.971. The Kier molecular flexibility index (Phi) is 6.18. The zero-order valence-corrected chi connectivity index (χ0v) is 26.9. The van der Waals surface area contributed by atoms with Crippen LogP contribution >= 0.6 is 0 Å². The van der Waals surface area contributed by atoms with Crippen molar-refractivity contribution in [3.63, 3.8) is 0 Å². The number of hydrogen-bond donors (Lipinski definition) is 2. The third-order valence-electron chi connectivity index (χ3n) is 15.0. The normalized spacial score (nSPS) is 55.9. The van der Waals surface area contributed by atoms with Gasteiger partial charge in [-0.25, -0.2) is 0 Å². The van der Waals surface area contributed by atoms with Gasteiger partial charge in [-0.1, -0.05) is 41.5 Å². The van der Waals surface area contributed by atoms with Crippen LogP contribution in [0.3, 0.4) is 0 Å². The first-order chi connectivity index (χ1) is 19.0. The van der Waals surface area contributed by atoms with E-state index in [0.29, 0.717) is 30.1 Å². The van der Waals surface area contributed by atoms with Crippen LogP contribution in [-0.4, -0.2) is 52.5 Å². The number of carbonyl (C=O) groups excluding carboxylic acids is 1. The molecule has 0 radical (unpaired) electrons. The largest absolute Gasteiger partial charge is 0.462 e. The highest BCUT2D eigenvalue weighted by molar-refractivity contribution is 5.69. The molecule has 13 atom stereocenters. The van der Waals surface area contributed by atoms with Gasteiger partial charge in [0, 0.05) is 23.2 Å². The SMILES string of the molecule is CC(C)CC(=O)O[C@@H]1CC[C@]2(C)[C@H]3CC[C@]45C[C@]4(CC[C@H]5[C@@H]4C[C@H]([C@@H]5OC5(C)C)O[C@H]4O)[C@]3(C)[C@H](O)C[C@H]2C1(C)C. The quantitative estimate of drug-likeness (QED) is 0.299. The fourth-order valence-corrected chi connectivity index (χ4v) is 13.1. The number of esters is 1. The molecule has 6 nitrogen and oxygen atoms in total. The van der Waals surface area contributed by atoms with Gasteiger partial charge in [0.25, 0.3) is 0 Å². The Morgan fingerprint density at radius 1 is 0.951 bits per heavy atom. The molecule has 0 aromatic rings. The Morgan fingerprint density at radius 2 is 1.66 bits per heavy atom. The molecule has 2 heterocycles. The van der Waals surface area contributed by atoms with Gasteiger partial charge in [0.15, 0.2) is 6.29 Å². The summed E-state index contributed by atoms with van der Waals surface area (Å²) in [6.07, 6.45) is 8.96. The molecule has 6 heteroatoms. The van der Waals surface area contributed by atoms with Crippen molar-refractivity contribution in [2.24, 2.45) is 56.7 Å². The van der Waals surface area contributed by atoms with Crippen LogP contribution in [0.2, 0.25) is 0 Å². The van der Waals surface area contributed by atoms with Crippen LogP contribution < -0.4 is 0 Å². The van der Waals surface area contributed by atoms with E-state index >= 15 is 0 Å². The molecule has 5 aliphatic carbocycles. The second-order valence-electron chi connectivity index (χ2n) is 17.8. The van der Waals surface area contributed by atoms with Gasteiger partial charge in [-0.3, -0.25) is 4.79 Å². The Balaban J connectivity index is 1.13. The predicted octanol–water partition coefficient (Wildman–Crippen LogP) is 6.26. The third-order valence-corrected chi connectivity index (χ3v) is 15.0.